The second-order valence-corrected chi connectivity index (χ2v) is 6.29. The minimum Gasteiger partial charge on any atom is -0.393 e. The molecule has 1 N–H and O–H groups in total. The average Bonchev–Trinajstić information content (AvgIpc) is 2.27. The molecular formula is C12H27O4P. The van der Waals surface area contributed by atoms with E-state index >= 15 is 0 Å². The molecule has 0 saturated carbocycles. The summed E-state index contributed by atoms with van der Waals surface area (Å²) in [4.78, 5) is 0. The fraction of sp³-hybridized carbons (Fsp3) is 1.00. The van der Waals surface area contributed by atoms with E-state index in [4.69, 9.17) is 9.05 Å². The molecule has 0 aliphatic carbocycles. The molecule has 0 aliphatic rings. The maximum absolute atomic E-state index is 12.1. The van der Waals surface area contributed by atoms with Crippen LogP contribution in [0.5, 0.6) is 0 Å². The van der Waals surface area contributed by atoms with Gasteiger partial charge in [-0.1, -0.05) is 19.8 Å². The second kappa shape index (κ2) is 10.1. The number of hydrogen-bond acceptors (Lipinski definition) is 4. The van der Waals surface area contributed by atoms with Gasteiger partial charge in [-0.05, 0) is 33.1 Å². The van der Waals surface area contributed by atoms with E-state index in [0.29, 0.717) is 32.2 Å². The fourth-order valence-corrected chi connectivity index (χ4v) is 3.35. The number of hydrogen-bond donors (Lipinski definition) is 1. The van der Waals surface area contributed by atoms with Gasteiger partial charge in [0.05, 0.1) is 25.5 Å². The Hall–Kier alpha value is 0.110. The third kappa shape index (κ3) is 8.78. The highest BCUT2D eigenvalue weighted by Crippen LogP contribution is 2.48. The van der Waals surface area contributed by atoms with Crippen LogP contribution in [0.3, 0.4) is 0 Å². The van der Waals surface area contributed by atoms with Crippen molar-refractivity contribution < 1.29 is 18.7 Å². The van der Waals surface area contributed by atoms with Crippen LogP contribution in [0.4, 0.5) is 0 Å². The SMILES string of the molecule is CCCC[C@@H](O)CCCP(=O)(OCC)OCC. The molecule has 0 heterocycles. The standard InChI is InChI=1S/C12H27O4P/c1-4-7-9-12(13)10-8-11-17(14,15-5-2)16-6-3/h12-13H,4-11H2,1-3H3/t12-/m1/s1. The summed E-state index contributed by atoms with van der Waals surface area (Å²) < 4.78 is 22.5. The van der Waals surface area contributed by atoms with Crippen molar-refractivity contribution in [1.29, 1.82) is 0 Å². The van der Waals surface area contributed by atoms with E-state index in [1.807, 2.05) is 13.8 Å². The molecule has 0 aromatic rings. The molecule has 0 aromatic carbocycles. The summed E-state index contributed by atoms with van der Waals surface area (Å²) in [5.41, 5.74) is 0. The van der Waals surface area contributed by atoms with E-state index in [-0.39, 0.29) is 6.10 Å². The first-order chi connectivity index (χ1) is 8.08. The quantitative estimate of drug-likeness (QED) is 0.581. The first-order valence-electron chi connectivity index (χ1n) is 6.64. The van der Waals surface area contributed by atoms with E-state index in [0.717, 1.165) is 19.3 Å². The molecule has 0 rings (SSSR count). The average molecular weight is 266 g/mol. The lowest BCUT2D eigenvalue weighted by Crippen LogP contribution is -2.08. The molecule has 104 valence electrons. The summed E-state index contributed by atoms with van der Waals surface area (Å²) >= 11 is 0. The van der Waals surface area contributed by atoms with Crippen LogP contribution in [0.2, 0.25) is 0 Å². The molecule has 0 aromatic heterocycles. The Labute approximate surface area is 105 Å². The Morgan fingerprint density at radius 2 is 1.59 bits per heavy atom. The normalized spacial score (nSPS) is 13.9. The summed E-state index contributed by atoms with van der Waals surface area (Å²) in [7, 11) is -2.91. The maximum atomic E-state index is 12.1. The monoisotopic (exact) mass is 266 g/mol. The third-order valence-corrected chi connectivity index (χ3v) is 4.68. The van der Waals surface area contributed by atoms with Gasteiger partial charge in [0.2, 0.25) is 0 Å². The van der Waals surface area contributed by atoms with E-state index in [2.05, 4.69) is 6.92 Å². The van der Waals surface area contributed by atoms with Gasteiger partial charge in [-0.2, -0.15) is 0 Å². The molecule has 0 bridgehead atoms. The summed E-state index contributed by atoms with van der Waals surface area (Å²) in [6.45, 7) is 6.51. The number of unbranched alkanes of at least 4 members (excludes halogenated alkanes) is 1. The molecule has 17 heavy (non-hydrogen) atoms. The lowest BCUT2D eigenvalue weighted by atomic mass is 10.1. The van der Waals surface area contributed by atoms with Gasteiger partial charge < -0.3 is 14.2 Å². The summed E-state index contributed by atoms with van der Waals surface area (Å²) in [6, 6.07) is 0. The summed E-state index contributed by atoms with van der Waals surface area (Å²) in [5, 5.41) is 9.67. The zero-order valence-electron chi connectivity index (χ0n) is 11.4. The molecule has 0 saturated heterocycles. The Kier molecular flexibility index (Phi) is 10.1. The first-order valence-corrected chi connectivity index (χ1v) is 8.37. The number of aliphatic hydroxyl groups is 1. The fourth-order valence-electron chi connectivity index (χ4n) is 1.66. The third-order valence-electron chi connectivity index (χ3n) is 2.51. The van der Waals surface area contributed by atoms with Crippen LogP contribution in [0, 0.1) is 0 Å². The molecule has 0 amide bonds. The van der Waals surface area contributed by atoms with Gasteiger partial charge in [0.15, 0.2) is 0 Å². The van der Waals surface area contributed by atoms with Crippen LogP contribution in [0.1, 0.15) is 52.9 Å². The van der Waals surface area contributed by atoms with E-state index in [1.165, 1.54) is 0 Å². The highest BCUT2D eigenvalue weighted by molar-refractivity contribution is 7.53. The van der Waals surface area contributed by atoms with Gasteiger partial charge in [-0.15, -0.1) is 0 Å². The molecule has 1 atom stereocenters. The van der Waals surface area contributed by atoms with Crippen molar-refractivity contribution in [3.63, 3.8) is 0 Å². The maximum Gasteiger partial charge on any atom is 0.330 e. The van der Waals surface area contributed by atoms with Gasteiger partial charge in [0.1, 0.15) is 0 Å². The van der Waals surface area contributed by atoms with Crippen LogP contribution in [0.15, 0.2) is 0 Å². The Morgan fingerprint density at radius 3 is 2.06 bits per heavy atom. The smallest absolute Gasteiger partial charge is 0.330 e. The lowest BCUT2D eigenvalue weighted by molar-refractivity contribution is 0.149. The molecule has 0 unspecified atom stereocenters. The number of aliphatic hydroxyl groups excluding tert-OH is 1. The Morgan fingerprint density at radius 1 is 1.06 bits per heavy atom. The molecule has 0 radical (unpaired) electrons. The van der Waals surface area contributed by atoms with Crippen molar-refractivity contribution in [1.82, 2.24) is 0 Å². The first kappa shape index (κ1) is 17.1. The van der Waals surface area contributed by atoms with Gasteiger partial charge in [0, 0.05) is 0 Å². The minimum atomic E-state index is -2.91. The van der Waals surface area contributed by atoms with Crippen LogP contribution in [0.25, 0.3) is 0 Å². The van der Waals surface area contributed by atoms with Crippen molar-refractivity contribution >= 4 is 7.60 Å². The Balaban J connectivity index is 3.85. The van der Waals surface area contributed by atoms with Crippen LogP contribution < -0.4 is 0 Å². The van der Waals surface area contributed by atoms with Crippen molar-refractivity contribution in [2.75, 3.05) is 19.4 Å². The van der Waals surface area contributed by atoms with E-state index in [1.54, 1.807) is 0 Å². The van der Waals surface area contributed by atoms with Gasteiger partial charge in [-0.25, -0.2) is 0 Å². The zero-order valence-corrected chi connectivity index (χ0v) is 12.2. The van der Waals surface area contributed by atoms with Crippen LogP contribution >= 0.6 is 7.60 Å². The van der Waals surface area contributed by atoms with Gasteiger partial charge >= 0.3 is 7.60 Å². The highest BCUT2D eigenvalue weighted by atomic mass is 31.2. The molecule has 0 aliphatic heterocycles. The van der Waals surface area contributed by atoms with Crippen molar-refractivity contribution in [2.24, 2.45) is 0 Å². The molecule has 0 fully saturated rings. The van der Waals surface area contributed by atoms with Crippen LogP contribution in [-0.2, 0) is 13.6 Å². The van der Waals surface area contributed by atoms with E-state index in [9.17, 15) is 9.67 Å². The number of rotatable bonds is 11. The summed E-state index contributed by atoms with van der Waals surface area (Å²) in [6.07, 6.45) is 4.42. The van der Waals surface area contributed by atoms with Crippen molar-refractivity contribution in [2.45, 2.75) is 59.0 Å². The second-order valence-electron chi connectivity index (χ2n) is 4.11. The van der Waals surface area contributed by atoms with Gasteiger partial charge in [-0.3, -0.25) is 4.57 Å². The molecule has 5 heteroatoms. The molecule has 4 nitrogen and oxygen atoms in total. The van der Waals surface area contributed by atoms with E-state index < -0.39 is 7.60 Å². The molecule has 0 spiro atoms. The largest absolute Gasteiger partial charge is 0.393 e. The van der Waals surface area contributed by atoms with Crippen LogP contribution in [-0.4, -0.2) is 30.6 Å². The Bertz CT molecular complexity index is 211. The predicted octanol–water partition coefficient (Wildman–Crippen LogP) is 3.58. The zero-order chi connectivity index (χ0) is 13.1. The predicted molar refractivity (Wildman–Crippen MR) is 70.5 cm³/mol. The molecular weight excluding hydrogens is 239 g/mol. The van der Waals surface area contributed by atoms with Crippen molar-refractivity contribution in [3.8, 4) is 0 Å². The van der Waals surface area contributed by atoms with Crippen molar-refractivity contribution in [3.05, 3.63) is 0 Å². The highest BCUT2D eigenvalue weighted by Gasteiger charge is 2.23. The lowest BCUT2D eigenvalue weighted by Gasteiger charge is -2.17. The topological polar surface area (TPSA) is 55.8 Å². The minimum absolute atomic E-state index is 0.286. The van der Waals surface area contributed by atoms with Gasteiger partial charge in [0.25, 0.3) is 0 Å². The summed E-state index contributed by atoms with van der Waals surface area (Å²) in [5.74, 6) is 0.